The fourth-order valence-electron chi connectivity index (χ4n) is 3.91. The highest BCUT2D eigenvalue weighted by Gasteiger charge is 2.24. The van der Waals surface area contributed by atoms with Crippen LogP contribution in [0.2, 0.25) is 0 Å². The molecule has 3 aromatic rings. The highest BCUT2D eigenvalue weighted by Crippen LogP contribution is 2.26. The molecule has 0 saturated carbocycles. The molecule has 140 valence electrons. The standard InChI is InChI=1S/C23H26N2O2/c1-16-8-9-21-19(15-27-23(21)17(16)2)12-22(26)24-20-10-11-25(14-20)13-18-6-4-3-5-7-18/h3-9,15,20H,10-14H2,1-2H3,(H,24,26). The summed E-state index contributed by atoms with van der Waals surface area (Å²) < 4.78 is 5.73. The van der Waals surface area contributed by atoms with Crippen LogP contribution in [0.3, 0.4) is 0 Å². The molecule has 4 nitrogen and oxygen atoms in total. The van der Waals surface area contributed by atoms with Crippen LogP contribution < -0.4 is 5.32 Å². The van der Waals surface area contributed by atoms with Crippen molar-refractivity contribution in [3.05, 3.63) is 71.0 Å². The Morgan fingerprint density at radius 3 is 2.81 bits per heavy atom. The zero-order chi connectivity index (χ0) is 18.8. The quantitative estimate of drug-likeness (QED) is 0.747. The molecule has 0 radical (unpaired) electrons. The number of amides is 1. The van der Waals surface area contributed by atoms with Gasteiger partial charge in [-0.05, 0) is 37.0 Å². The molecule has 1 saturated heterocycles. The number of hydrogen-bond acceptors (Lipinski definition) is 3. The van der Waals surface area contributed by atoms with Gasteiger partial charge in [0.2, 0.25) is 5.91 Å². The van der Waals surface area contributed by atoms with Gasteiger partial charge in [-0.3, -0.25) is 9.69 Å². The first-order valence-corrected chi connectivity index (χ1v) is 9.62. The van der Waals surface area contributed by atoms with E-state index in [1.807, 2.05) is 6.07 Å². The molecule has 0 bridgehead atoms. The summed E-state index contributed by atoms with van der Waals surface area (Å²) in [5.41, 5.74) is 5.53. The van der Waals surface area contributed by atoms with Crippen LogP contribution >= 0.6 is 0 Å². The van der Waals surface area contributed by atoms with E-state index in [2.05, 4.69) is 60.5 Å². The van der Waals surface area contributed by atoms with E-state index in [1.54, 1.807) is 6.26 Å². The van der Waals surface area contributed by atoms with Crippen molar-refractivity contribution < 1.29 is 9.21 Å². The summed E-state index contributed by atoms with van der Waals surface area (Å²) in [4.78, 5) is 15.0. The van der Waals surface area contributed by atoms with E-state index in [9.17, 15) is 4.79 Å². The second kappa shape index (κ2) is 7.57. The highest BCUT2D eigenvalue weighted by atomic mass is 16.3. The van der Waals surface area contributed by atoms with Crippen molar-refractivity contribution in [2.75, 3.05) is 13.1 Å². The fraction of sp³-hybridized carbons (Fsp3) is 0.348. The van der Waals surface area contributed by atoms with Gasteiger partial charge in [0.25, 0.3) is 0 Å². The average molecular weight is 362 g/mol. The van der Waals surface area contributed by atoms with E-state index in [1.165, 1.54) is 11.1 Å². The Morgan fingerprint density at radius 1 is 1.19 bits per heavy atom. The van der Waals surface area contributed by atoms with Gasteiger partial charge >= 0.3 is 0 Å². The highest BCUT2D eigenvalue weighted by molar-refractivity contribution is 5.89. The number of benzene rings is 2. The van der Waals surface area contributed by atoms with Crippen molar-refractivity contribution >= 4 is 16.9 Å². The Hall–Kier alpha value is -2.59. The van der Waals surface area contributed by atoms with Crippen LogP contribution in [0.1, 0.15) is 28.7 Å². The van der Waals surface area contributed by atoms with Gasteiger partial charge < -0.3 is 9.73 Å². The minimum atomic E-state index is 0.0717. The van der Waals surface area contributed by atoms with Crippen LogP contribution in [0.15, 0.2) is 53.1 Å². The molecule has 1 aliphatic rings. The maximum Gasteiger partial charge on any atom is 0.224 e. The maximum atomic E-state index is 12.6. The van der Waals surface area contributed by atoms with E-state index in [0.29, 0.717) is 6.42 Å². The molecular weight excluding hydrogens is 336 g/mol. The molecule has 2 aromatic carbocycles. The van der Waals surface area contributed by atoms with E-state index in [-0.39, 0.29) is 11.9 Å². The Kier molecular flexibility index (Phi) is 4.99. The van der Waals surface area contributed by atoms with Gasteiger partial charge in [0, 0.05) is 36.6 Å². The van der Waals surface area contributed by atoms with Gasteiger partial charge in [0.1, 0.15) is 5.58 Å². The Bertz CT molecular complexity index is 946. The lowest BCUT2D eigenvalue weighted by molar-refractivity contribution is -0.121. The van der Waals surface area contributed by atoms with Crippen LogP contribution in [0.5, 0.6) is 0 Å². The van der Waals surface area contributed by atoms with Crippen LogP contribution in [0.25, 0.3) is 11.0 Å². The molecule has 1 aliphatic heterocycles. The lowest BCUT2D eigenvalue weighted by Gasteiger charge is -2.16. The smallest absolute Gasteiger partial charge is 0.224 e. The predicted molar refractivity (Wildman–Crippen MR) is 108 cm³/mol. The minimum absolute atomic E-state index is 0.0717. The predicted octanol–water partition coefficient (Wildman–Crippen LogP) is 3.98. The van der Waals surface area contributed by atoms with Crippen molar-refractivity contribution in [1.82, 2.24) is 10.2 Å². The first kappa shape index (κ1) is 17.8. The second-order valence-electron chi connectivity index (χ2n) is 7.60. The molecule has 1 atom stereocenters. The van der Waals surface area contributed by atoms with E-state index in [4.69, 9.17) is 4.42 Å². The number of nitrogens with zero attached hydrogens (tertiary/aromatic N) is 1. The third kappa shape index (κ3) is 3.91. The molecule has 4 heteroatoms. The van der Waals surface area contributed by atoms with Gasteiger partial charge in [-0.2, -0.15) is 0 Å². The molecule has 2 heterocycles. The summed E-state index contributed by atoms with van der Waals surface area (Å²) in [5, 5.41) is 4.25. The van der Waals surface area contributed by atoms with Gasteiger partial charge in [0.15, 0.2) is 0 Å². The van der Waals surface area contributed by atoms with E-state index < -0.39 is 0 Å². The van der Waals surface area contributed by atoms with Crippen molar-refractivity contribution in [3.63, 3.8) is 0 Å². The summed E-state index contributed by atoms with van der Waals surface area (Å²) in [6.45, 7) is 7.01. The number of carbonyl (C=O) groups is 1. The number of nitrogens with one attached hydrogen (secondary N) is 1. The fourth-order valence-corrected chi connectivity index (χ4v) is 3.91. The summed E-state index contributed by atoms with van der Waals surface area (Å²) >= 11 is 0. The zero-order valence-electron chi connectivity index (χ0n) is 16.0. The number of rotatable bonds is 5. The molecule has 1 unspecified atom stereocenters. The van der Waals surface area contributed by atoms with Crippen LogP contribution in [-0.2, 0) is 17.8 Å². The third-order valence-electron chi connectivity index (χ3n) is 5.58. The monoisotopic (exact) mass is 362 g/mol. The van der Waals surface area contributed by atoms with Crippen molar-refractivity contribution in [2.24, 2.45) is 0 Å². The number of aryl methyl sites for hydroxylation is 2. The largest absolute Gasteiger partial charge is 0.464 e. The molecule has 4 rings (SSSR count). The summed E-state index contributed by atoms with van der Waals surface area (Å²) in [5.74, 6) is 0.0717. The van der Waals surface area contributed by atoms with Crippen molar-refractivity contribution in [2.45, 2.75) is 39.3 Å². The van der Waals surface area contributed by atoms with Gasteiger partial charge in [0.05, 0.1) is 12.7 Å². The van der Waals surface area contributed by atoms with Gasteiger partial charge in [-0.1, -0.05) is 42.5 Å². The molecule has 0 aliphatic carbocycles. The van der Waals surface area contributed by atoms with E-state index in [0.717, 1.165) is 48.2 Å². The lowest BCUT2D eigenvalue weighted by Crippen LogP contribution is -2.37. The van der Waals surface area contributed by atoms with Crippen molar-refractivity contribution in [1.29, 1.82) is 0 Å². The van der Waals surface area contributed by atoms with Crippen molar-refractivity contribution in [3.8, 4) is 0 Å². The first-order valence-electron chi connectivity index (χ1n) is 9.62. The van der Waals surface area contributed by atoms with Crippen LogP contribution in [0.4, 0.5) is 0 Å². The number of likely N-dealkylation sites (tertiary alicyclic amines) is 1. The van der Waals surface area contributed by atoms with Crippen LogP contribution in [-0.4, -0.2) is 29.9 Å². The Labute approximate surface area is 160 Å². The molecular formula is C23H26N2O2. The van der Waals surface area contributed by atoms with Gasteiger partial charge in [-0.15, -0.1) is 0 Å². The minimum Gasteiger partial charge on any atom is -0.464 e. The average Bonchev–Trinajstić information content (AvgIpc) is 3.26. The number of hydrogen-bond donors (Lipinski definition) is 1. The Balaban J connectivity index is 1.34. The van der Waals surface area contributed by atoms with Crippen LogP contribution in [0, 0.1) is 13.8 Å². The zero-order valence-corrected chi connectivity index (χ0v) is 16.0. The second-order valence-corrected chi connectivity index (χ2v) is 7.60. The summed E-state index contributed by atoms with van der Waals surface area (Å²) in [7, 11) is 0. The van der Waals surface area contributed by atoms with Gasteiger partial charge in [-0.25, -0.2) is 0 Å². The maximum absolute atomic E-state index is 12.6. The third-order valence-corrected chi connectivity index (χ3v) is 5.58. The molecule has 1 N–H and O–H groups in total. The molecule has 1 amide bonds. The molecule has 1 aromatic heterocycles. The normalized spacial score (nSPS) is 17.5. The summed E-state index contributed by atoms with van der Waals surface area (Å²) in [6, 6.07) is 14.9. The van der Waals surface area contributed by atoms with E-state index >= 15 is 0 Å². The molecule has 0 spiro atoms. The summed E-state index contributed by atoms with van der Waals surface area (Å²) in [6.07, 6.45) is 3.10. The SMILES string of the molecule is Cc1ccc2c(CC(=O)NC3CCN(Cc4ccccc4)C3)coc2c1C. The topological polar surface area (TPSA) is 45.5 Å². The lowest BCUT2D eigenvalue weighted by atomic mass is 10.0. The number of fused-ring (bicyclic) bond motifs is 1. The molecule has 27 heavy (non-hydrogen) atoms. The Morgan fingerprint density at radius 2 is 2.00 bits per heavy atom. The molecule has 1 fully saturated rings. The number of carbonyl (C=O) groups excluding carboxylic acids is 1. The number of furan rings is 1. The first-order chi connectivity index (χ1) is 13.1.